The lowest BCUT2D eigenvalue weighted by molar-refractivity contribution is 0.0948. The molecule has 1 aromatic heterocycles. The molecule has 4 N–H and O–H groups in total. The molecule has 0 atom stereocenters. The summed E-state index contributed by atoms with van der Waals surface area (Å²) in [5, 5.41) is 11.5. The Morgan fingerprint density at radius 1 is 1.00 bits per heavy atom. The summed E-state index contributed by atoms with van der Waals surface area (Å²) in [7, 11) is 0. The van der Waals surface area contributed by atoms with E-state index in [1.54, 1.807) is 36.4 Å². The topological polar surface area (TPSA) is 112 Å². The number of aromatic nitrogens is 2. The summed E-state index contributed by atoms with van der Waals surface area (Å²) in [5.41, 5.74) is 12.1. The third-order valence-corrected chi connectivity index (χ3v) is 3.24. The van der Waals surface area contributed by atoms with Crippen LogP contribution in [0.25, 0.3) is 0 Å². The smallest absolute Gasteiger partial charge is 0.280 e. The highest BCUT2D eigenvalue weighted by atomic mass is 19.1. The van der Waals surface area contributed by atoms with Gasteiger partial charge in [0.25, 0.3) is 5.91 Å². The fraction of sp³-hybridized carbons (Fsp3) is 0. The van der Waals surface area contributed by atoms with Gasteiger partial charge in [0.1, 0.15) is 5.69 Å². The van der Waals surface area contributed by atoms with E-state index in [4.69, 9.17) is 11.5 Å². The van der Waals surface area contributed by atoms with Gasteiger partial charge in [0, 0.05) is 5.56 Å². The molecule has 1 heterocycles. The van der Waals surface area contributed by atoms with Gasteiger partial charge in [-0.15, -0.1) is 15.3 Å². The van der Waals surface area contributed by atoms with Crippen LogP contribution in [0.1, 0.15) is 10.4 Å². The van der Waals surface area contributed by atoms with E-state index in [9.17, 15) is 9.18 Å². The third-order valence-electron chi connectivity index (χ3n) is 3.24. The van der Waals surface area contributed by atoms with Crippen molar-refractivity contribution in [3.8, 4) is 0 Å². The molecule has 0 aliphatic rings. The quantitative estimate of drug-likeness (QED) is 0.720. The molecule has 0 aliphatic carbocycles. The number of hydrogen-bond acceptors (Lipinski definition) is 6. The van der Waals surface area contributed by atoms with Gasteiger partial charge in [0.2, 0.25) is 0 Å². The number of halogens is 1. The number of carbonyl (C=O) groups excluding carboxylic acids is 1. The van der Waals surface area contributed by atoms with E-state index >= 15 is 0 Å². The molecule has 3 rings (SSSR count). The van der Waals surface area contributed by atoms with Gasteiger partial charge in [-0.1, -0.05) is 30.3 Å². The van der Waals surface area contributed by atoms with E-state index in [-0.39, 0.29) is 23.0 Å². The van der Waals surface area contributed by atoms with Gasteiger partial charge in [-0.2, -0.15) is 4.68 Å². The molecule has 0 fully saturated rings. The Bertz CT molecular complexity index is 920. The van der Waals surface area contributed by atoms with Crippen molar-refractivity contribution in [3.05, 3.63) is 66.0 Å². The van der Waals surface area contributed by atoms with Crippen molar-refractivity contribution in [2.75, 3.05) is 11.5 Å². The van der Waals surface area contributed by atoms with Crippen molar-refractivity contribution in [2.24, 2.45) is 10.2 Å². The molecule has 0 bridgehead atoms. The fourth-order valence-electron chi connectivity index (χ4n) is 2.04. The molecule has 3 aromatic rings. The summed E-state index contributed by atoms with van der Waals surface area (Å²) in [4.78, 5) is 12.4. The van der Waals surface area contributed by atoms with Crippen molar-refractivity contribution in [2.45, 2.75) is 0 Å². The van der Waals surface area contributed by atoms with Gasteiger partial charge in [0.05, 0.1) is 0 Å². The summed E-state index contributed by atoms with van der Waals surface area (Å²) >= 11 is 0. The second-order valence-corrected chi connectivity index (χ2v) is 4.85. The zero-order valence-corrected chi connectivity index (χ0v) is 12.4. The number of rotatable bonds is 3. The third kappa shape index (κ3) is 2.84. The zero-order valence-electron chi connectivity index (χ0n) is 12.4. The van der Waals surface area contributed by atoms with Crippen LogP contribution in [0.5, 0.6) is 0 Å². The maximum atomic E-state index is 13.6. The lowest BCUT2D eigenvalue weighted by Gasteiger charge is -2.02. The highest BCUT2D eigenvalue weighted by molar-refractivity contribution is 5.99. The molecular formula is C16H13FN6O. The van der Waals surface area contributed by atoms with Crippen LogP contribution in [0.15, 0.2) is 64.8 Å². The second kappa shape index (κ2) is 6.29. The van der Waals surface area contributed by atoms with Crippen LogP contribution in [0, 0.1) is 5.82 Å². The first kappa shape index (κ1) is 15.3. The summed E-state index contributed by atoms with van der Waals surface area (Å²) < 4.78 is 14.5. The van der Waals surface area contributed by atoms with E-state index in [1.165, 1.54) is 18.2 Å². The maximum Gasteiger partial charge on any atom is 0.280 e. The van der Waals surface area contributed by atoms with Crippen LogP contribution in [0.4, 0.5) is 27.4 Å². The van der Waals surface area contributed by atoms with Crippen molar-refractivity contribution < 1.29 is 9.18 Å². The molecule has 0 radical (unpaired) electrons. The predicted octanol–water partition coefficient (Wildman–Crippen LogP) is 3.29. The van der Waals surface area contributed by atoms with Gasteiger partial charge >= 0.3 is 0 Å². The summed E-state index contributed by atoms with van der Waals surface area (Å²) in [6.45, 7) is 0. The van der Waals surface area contributed by atoms with Gasteiger partial charge < -0.3 is 11.5 Å². The van der Waals surface area contributed by atoms with Gasteiger partial charge in [-0.25, -0.2) is 4.39 Å². The largest absolute Gasteiger partial charge is 0.382 e. The Labute approximate surface area is 136 Å². The number of azo groups is 1. The average Bonchev–Trinajstić information content (AvgIpc) is 2.89. The molecule has 0 amide bonds. The zero-order chi connectivity index (χ0) is 17.1. The SMILES string of the molecule is Nc1nn(C(=O)c2ccccc2)c(N)c1N=Nc1ccccc1F. The monoisotopic (exact) mass is 324 g/mol. The molecular weight excluding hydrogens is 311 g/mol. The van der Waals surface area contributed by atoms with E-state index in [2.05, 4.69) is 15.3 Å². The number of hydrogen-bond donors (Lipinski definition) is 2. The molecule has 0 saturated carbocycles. The standard InChI is InChI=1S/C16H13FN6O/c17-11-8-4-5-9-12(11)20-21-13-14(18)22-23(15(13)19)16(24)10-6-2-1-3-7-10/h1-9H,19H2,(H2,18,22). The van der Waals surface area contributed by atoms with Crippen molar-refractivity contribution in [3.63, 3.8) is 0 Å². The molecule has 0 spiro atoms. The van der Waals surface area contributed by atoms with Crippen molar-refractivity contribution in [1.29, 1.82) is 0 Å². The Morgan fingerprint density at radius 2 is 1.67 bits per heavy atom. The first-order valence-electron chi connectivity index (χ1n) is 6.98. The number of anilines is 2. The lowest BCUT2D eigenvalue weighted by Crippen LogP contribution is -2.16. The second-order valence-electron chi connectivity index (χ2n) is 4.85. The average molecular weight is 324 g/mol. The van der Waals surface area contributed by atoms with Crippen molar-refractivity contribution >= 4 is 28.9 Å². The first-order valence-corrected chi connectivity index (χ1v) is 6.98. The molecule has 0 aliphatic heterocycles. The molecule has 7 nitrogen and oxygen atoms in total. The van der Waals surface area contributed by atoms with E-state index in [0.717, 1.165) is 4.68 Å². The highest BCUT2D eigenvalue weighted by Crippen LogP contribution is 2.31. The number of nitrogens with two attached hydrogens (primary N) is 2. The van der Waals surface area contributed by atoms with Gasteiger partial charge in [-0.3, -0.25) is 4.79 Å². The van der Waals surface area contributed by atoms with Crippen LogP contribution >= 0.6 is 0 Å². The minimum atomic E-state index is -0.536. The molecule has 120 valence electrons. The number of carbonyl (C=O) groups is 1. The van der Waals surface area contributed by atoms with Crippen LogP contribution in [-0.4, -0.2) is 15.7 Å². The molecule has 8 heteroatoms. The van der Waals surface area contributed by atoms with Gasteiger partial charge in [-0.05, 0) is 24.3 Å². The van der Waals surface area contributed by atoms with E-state index in [1.807, 2.05) is 0 Å². The predicted molar refractivity (Wildman–Crippen MR) is 87.8 cm³/mol. The van der Waals surface area contributed by atoms with Crippen LogP contribution in [0.3, 0.4) is 0 Å². The number of nitrogen functional groups attached to an aromatic ring is 2. The number of benzene rings is 2. The Kier molecular flexibility index (Phi) is 4.02. The van der Waals surface area contributed by atoms with E-state index < -0.39 is 11.7 Å². The van der Waals surface area contributed by atoms with Gasteiger partial charge in [0.15, 0.2) is 23.1 Å². The highest BCUT2D eigenvalue weighted by Gasteiger charge is 2.19. The summed E-state index contributed by atoms with van der Waals surface area (Å²) in [5.74, 6) is -1.13. The Morgan fingerprint density at radius 3 is 2.38 bits per heavy atom. The number of nitrogens with zero attached hydrogens (tertiary/aromatic N) is 4. The van der Waals surface area contributed by atoms with Crippen LogP contribution in [0.2, 0.25) is 0 Å². The Balaban J connectivity index is 1.96. The van der Waals surface area contributed by atoms with Crippen molar-refractivity contribution in [1.82, 2.24) is 9.78 Å². The van der Waals surface area contributed by atoms with Crippen LogP contribution < -0.4 is 11.5 Å². The first-order chi connectivity index (χ1) is 11.6. The minimum Gasteiger partial charge on any atom is -0.382 e. The molecule has 2 aromatic carbocycles. The maximum absolute atomic E-state index is 13.6. The summed E-state index contributed by atoms with van der Waals surface area (Å²) in [6.07, 6.45) is 0. The molecule has 0 saturated heterocycles. The normalized spacial score (nSPS) is 11.0. The van der Waals surface area contributed by atoms with Crippen LogP contribution in [-0.2, 0) is 0 Å². The minimum absolute atomic E-state index is 0.0162. The molecule has 24 heavy (non-hydrogen) atoms. The summed E-state index contributed by atoms with van der Waals surface area (Å²) in [6, 6.07) is 14.3. The molecule has 0 unspecified atom stereocenters. The Hall–Kier alpha value is -3.55. The lowest BCUT2D eigenvalue weighted by atomic mass is 10.2. The van der Waals surface area contributed by atoms with E-state index in [0.29, 0.717) is 5.56 Å². The fourth-order valence-corrected chi connectivity index (χ4v) is 2.04.